The second-order valence-corrected chi connectivity index (χ2v) is 11.3. The van der Waals surface area contributed by atoms with Crippen LogP contribution in [0.25, 0.3) is 0 Å². The Morgan fingerprint density at radius 2 is 1.21 bits per heavy atom. The molecule has 0 spiro atoms. The highest BCUT2D eigenvalue weighted by Crippen LogP contribution is 2.13. The molecule has 0 aliphatic heterocycles. The van der Waals surface area contributed by atoms with Gasteiger partial charge in [-0.05, 0) is 35.6 Å². The first-order chi connectivity index (χ1) is 22.6. The molecule has 11 N–H and O–H groups in total. The monoisotopic (exact) mass is 670 g/mol. The fourth-order valence-corrected chi connectivity index (χ4v) is 4.59. The maximum atomic E-state index is 13.4. The lowest BCUT2D eigenvalue weighted by Gasteiger charge is -2.28. The molecule has 0 saturated carbocycles. The second kappa shape index (κ2) is 18.6. The number of nitrogens with two attached hydrogens (primary N) is 2. The van der Waals surface area contributed by atoms with Gasteiger partial charge in [0.2, 0.25) is 29.5 Å². The van der Waals surface area contributed by atoms with Crippen molar-refractivity contribution in [2.45, 2.75) is 76.2 Å². The normalized spacial score (nSPS) is 14.6. The number of aromatic hydroxyl groups is 1. The van der Waals surface area contributed by atoms with Gasteiger partial charge >= 0.3 is 11.9 Å². The third-order valence-corrected chi connectivity index (χ3v) is 7.47. The minimum Gasteiger partial charge on any atom is -0.508 e. The summed E-state index contributed by atoms with van der Waals surface area (Å²) in [6.07, 6.45) is -1.39. The number of carboxylic acids is 2. The van der Waals surface area contributed by atoms with Crippen molar-refractivity contribution in [1.82, 2.24) is 21.3 Å². The fraction of sp³-hybridized carbons (Fsp3) is 0.406. The number of carboxylic acid groups (broad SMARTS) is 2. The Morgan fingerprint density at radius 3 is 1.73 bits per heavy atom. The van der Waals surface area contributed by atoms with Crippen molar-refractivity contribution in [3.05, 3.63) is 65.7 Å². The topological polar surface area (TPSA) is 280 Å². The lowest BCUT2D eigenvalue weighted by Crippen LogP contribution is -2.60. The first-order valence-corrected chi connectivity index (χ1v) is 15.1. The number of phenols is 1. The maximum absolute atomic E-state index is 13.4. The Kier molecular flexibility index (Phi) is 15.0. The van der Waals surface area contributed by atoms with Crippen LogP contribution in [0.3, 0.4) is 0 Å². The molecule has 0 unspecified atom stereocenters. The number of primary amides is 1. The van der Waals surface area contributed by atoms with E-state index in [4.69, 9.17) is 11.5 Å². The van der Waals surface area contributed by atoms with Crippen LogP contribution in [0, 0.1) is 5.92 Å². The van der Waals surface area contributed by atoms with E-state index >= 15 is 0 Å². The highest BCUT2D eigenvalue weighted by Gasteiger charge is 2.34. The van der Waals surface area contributed by atoms with Gasteiger partial charge in [0.05, 0.1) is 18.9 Å². The van der Waals surface area contributed by atoms with Gasteiger partial charge in [0.1, 0.15) is 29.9 Å². The van der Waals surface area contributed by atoms with Crippen molar-refractivity contribution < 1.29 is 48.9 Å². The molecule has 0 bridgehead atoms. The summed E-state index contributed by atoms with van der Waals surface area (Å²) in [5, 5.41) is 37.8. The van der Waals surface area contributed by atoms with E-state index in [9.17, 15) is 48.9 Å². The first-order valence-electron chi connectivity index (χ1n) is 15.1. The summed E-state index contributed by atoms with van der Waals surface area (Å²) < 4.78 is 0. The molecule has 0 fully saturated rings. The SMILES string of the molecule is CC[C@H](C)[C@H](NC(=O)[C@@H](N)Cc1ccccc1)C(=O)N[C@@H](CC(N)=O)C(=O)N[C@@H](CC(=O)O)C(=O)N[C@@H](Cc1ccc(O)cc1)C(=O)O. The Balaban J connectivity index is 2.21. The van der Waals surface area contributed by atoms with Crippen molar-refractivity contribution in [2.24, 2.45) is 17.4 Å². The highest BCUT2D eigenvalue weighted by atomic mass is 16.4. The molecule has 0 aliphatic rings. The molecule has 2 rings (SSSR count). The van der Waals surface area contributed by atoms with Gasteiger partial charge in [0.15, 0.2) is 0 Å². The van der Waals surface area contributed by atoms with Gasteiger partial charge in [-0.25, -0.2) is 4.79 Å². The Hall–Kier alpha value is -5.51. The van der Waals surface area contributed by atoms with Crippen molar-refractivity contribution in [3.63, 3.8) is 0 Å². The van der Waals surface area contributed by atoms with Crippen LogP contribution in [-0.2, 0) is 46.4 Å². The third-order valence-electron chi connectivity index (χ3n) is 7.47. The quantitative estimate of drug-likeness (QED) is 0.0867. The van der Waals surface area contributed by atoms with E-state index in [1.54, 1.807) is 44.2 Å². The van der Waals surface area contributed by atoms with Crippen molar-refractivity contribution in [2.75, 3.05) is 0 Å². The number of carbonyl (C=O) groups excluding carboxylic acids is 5. The number of rotatable bonds is 19. The van der Waals surface area contributed by atoms with Crippen LogP contribution >= 0.6 is 0 Å². The number of benzene rings is 2. The molecule has 6 atom stereocenters. The van der Waals surface area contributed by atoms with Crippen molar-refractivity contribution >= 4 is 41.5 Å². The van der Waals surface area contributed by atoms with Crippen LogP contribution in [0.4, 0.5) is 0 Å². The van der Waals surface area contributed by atoms with Crippen LogP contribution < -0.4 is 32.7 Å². The highest BCUT2D eigenvalue weighted by molar-refractivity contribution is 5.98. The van der Waals surface area contributed by atoms with Gasteiger partial charge < -0.3 is 48.1 Å². The van der Waals surface area contributed by atoms with Gasteiger partial charge in [-0.3, -0.25) is 28.8 Å². The summed E-state index contributed by atoms with van der Waals surface area (Å²) in [7, 11) is 0. The summed E-state index contributed by atoms with van der Waals surface area (Å²) in [4.78, 5) is 88.0. The average molecular weight is 671 g/mol. The summed E-state index contributed by atoms with van der Waals surface area (Å²) in [6, 6.07) is 7.12. The van der Waals surface area contributed by atoms with Crippen LogP contribution in [0.5, 0.6) is 5.75 Å². The Labute approximate surface area is 276 Å². The third kappa shape index (κ3) is 12.7. The lowest BCUT2D eigenvalue weighted by atomic mass is 9.96. The van der Waals surface area contributed by atoms with Gasteiger partial charge in [-0.2, -0.15) is 0 Å². The zero-order chi connectivity index (χ0) is 36.0. The van der Waals surface area contributed by atoms with E-state index in [0.717, 1.165) is 5.56 Å². The summed E-state index contributed by atoms with van der Waals surface area (Å²) in [6.45, 7) is 3.43. The molecule has 5 amide bonds. The van der Waals surface area contributed by atoms with E-state index in [-0.39, 0.29) is 18.6 Å². The van der Waals surface area contributed by atoms with Gasteiger partial charge in [0.25, 0.3) is 0 Å². The number of hydrogen-bond acceptors (Lipinski definition) is 9. The van der Waals surface area contributed by atoms with E-state index < -0.39 is 90.4 Å². The zero-order valence-electron chi connectivity index (χ0n) is 26.5. The van der Waals surface area contributed by atoms with Crippen LogP contribution in [0.2, 0.25) is 0 Å². The van der Waals surface area contributed by atoms with Gasteiger partial charge in [-0.15, -0.1) is 0 Å². The molecule has 0 aromatic heterocycles. The number of hydrogen-bond donors (Lipinski definition) is 9. The van der Waals surface area contributed by atoms with E-state index in [0.29, 0.717) is 12.0 Å². The molecule has 0 radical (unpaired) electrons. The molecule has 16 heteroatoms. The summed E-state index contributed by atoms with van der Waals surface area (Å²) in [5.41, 5.74) is 12.6. The van der Waals surface area contributed by atoms with Gasteiger partial charge in [-0.1, -0.05) is 62.7 Å². The molecule has 260 valence electrons. The Morgan fingerprint density at radius 1 is 0.688 bits per heavy atom. The smallest absolute Gasteiger partial charge is 0.326 e. The minimum atomic E-state index is -1.83. The molecule has 0 saturated heterocycles. The molecule has 2 aromatic rings. The number of aliphatic carboxylic acids is 2. The van der Waals surface area contributed by atoms with Crippen LogP contribution in [-0.4, -0.2) is 87.0 Å². The largest absolute Gasteiger partial charge is 0.508 e. The van der Waals surface area contributed by atoms with E-state index in [1.807, 2.05) is 0 Å². The number of nitrogens with one attached hydrogen (secondary N) is 4. The fourth-order valence-electron chi connectivity index (χ4n) is 4.59. The van der Waals surface area contributed by atoms with Crippen molar-refractivity contribution in [3.8, 4) is 5.75 Å². The first kappa shape index (κ1) is 38.7. The van der Waals surface area contributed by atoms with Crippen LogP contribution in [0.15, 0.2) is 54.6 Å². The molecule has 48 heavy (non-hydrogen) atoms. The van der Waals surface area contributed by atoms with E-state index in [1.165, 1.54) is 24.3 Å². The summed E-state index contributed by atoms with van der Waals surface area (Å²) in [5.74, 6) is -8.40. The predicted octanol–water partition coefficient (Wildman–Crippen LogP) is -1.08. The number of amides is 5. The van der Waals surface area contributed by atoms with Crippen LogP contribution in [0.1, 0.15) is 44.2 Å². The van der Waals surface area contributed by atoms with Gasteiger partial charge in [0, 0.05) is 6.42 Å². The molecule has 16 nitrogen and oxygen atoms in total. The average Bonchev–Trinajstić information content (AvgIpc) is 3.02. The molecule has 0 aliphatic carbocycles. The standard InChI is InChI=1S/C32H42N6O10/c1-3-17(2)27(38-28(43)21(33)13-18-7-5-4-6-8-18)31(46)36-22(15-25(34)40)29(44)35-23(16-26(41)42)30(45)37-24(32(47)48)14-19-9-11-20(39)12-10-19/h4-12,17,21-24,27,39H,3,13-16,33H2,1-2H3,(H2,34,40)(H,35,44)(H,36,46)(H,37,45)(H,38,43)(H,41,42)(H,47,48)/t17-,21-,22-,23-,24-,27-/m0/s1. The number of carbonyl (C=O) groups is 7. The predicted molar refractivity (Wildman–Crippen MR) is 171 cm³/mol. The number of phenolic OH excluding ortho intramolecular Hbond substituents is 1. The zero-order valence-corrected chi connectivity index (χ0v) is 26.5. The van der Waals surface area contributed by atoms with Crippen molar-refractivity contribution in [1.29, 1.82) is 0 Å². The molecule has 2 aromatic carbocycles. The second-order valence-electron chi connectivity index (χ2n) is 11.3. The molecule has 0 heterocycles. The minimum absolute atomic E-state index is 0.0685. The maximum Gasteiger partial charge on any atom is 0.326 e. The summed E-state index contributed by atoms with van der Waals surface area (Å²) >= 11 is 0. The molecular weight excluding hydrogens is 628 g/mol. The Bertz CT molecular complexity index is 1450. The van der Waals surface area contributed by atoms with E-state index in [2.05, 4.69) is 21.3 Å². The lowest BCUT2D eigenvalue weighted by molar-refractivity contribution is -0.144. The molecular formula is C32H42N6O10.